The van der Waals surface area contributed by atoms with Gasteiger partial charge < -0.3 is 14.9 Å². The normalized spacial score (nSPS) is 19.8. The maximum absolute atomic E-state index is 12.6. The molecular formula is C15H23N3O2S. The van der Waals surface area contributed by atoms with Crippen LogP contribution in [-0.4, -0.2) is 53.2 Å². The molecule has 6 heteroatoms. The van der Waals surface area contributed by atoms with Crippen molar-refractivity contribution in [2.75, 3.05) is 31.1 Å². The van der Waals surface area contributed by atoms with E-state index in [0.29, 0.717) is 12.6 Å². The van der Waals surface area contributed by atoms with Gasteiger partial charge >= 0.3 is 0 Å². The van der Waals surface area contributed by atoms with Gasteiger partial charge in [0.15, 0.2) is 5.13 Å². The number of aliphatic hydroxyl groups is 1. The largest absolute Gasteiger partial charge is 0.395 e. The van der Waals surface area contributed by atoms with Crippen LogP contribution in [0, 0.1) is 12.8 Å². The van der Waals surface area contributed by atoms with E-state index in [1.54, 1.807) is 11.3 Å². The summed E-state index contributed by atoms with van der Waals surface area (Å²) in [7, 11) is 0. The third kappa shape index (κ3) is 3.37. The number of hydrogen-bond acceptors (Lipinski definition) is 5. The van der Waals surface area contributed by atoms with Crippen LogP contribution in [-0.2, 0) is 4.79 Å². The van der Waals surface area contributed by atoms with Gasteiger partial charge in [0.2, 0.25) is 5.91 Å². The molecule has 3 rings (SSSR count). The van der Waals surface area contributed by atoms with Crippen LogP contribution in [0.1, 0.15) is 31.4 Å². The Bertz CT molecular complexity index is 493. The molecule has 1 aliphatic carbocycles. The van der Waals surface area contributed by atoms with Gasteiger partial charge in [0.1, 0.15) is 0 Å². The Morgan fingerprint density at radius 1 is 1.43 bits per heavy atom. The first-order valence-electron chi connectivity index (χ1n) is 7.77. The van der Waals surface area contributed by atoms with Crippen molar-refractivity contribution < 1.29 is 9.90 Å². The van der Waals surface area contributed by atoms with Gasteiger partial charge in [-0.2, -0.15) is 0 Å². The van der Waals surface area contributed by atoms with Gasteiger partial charge in [-0.25, -0.2) is 4.98 Å². The van der Waals surface area contributed by atoms with Crippen molar-refractivity contribution in [3.8, 4) is 0 Å². The van der Waals surface area contributed by atoms with E-state index in [0.717, 1.165) is 49.6 Å². The maximum Gasteiger partial charge on any atom is 0.226 e. The van der Waals surface area contributed by atoms with Crippen LogP contribution in [0.3, 0.4) is 0 Å². The van der Waals surface area contributed by atoms with Crippen LogP contribution < -0.4 is 4.90 Å². The zero-order valence-corrected chi connectivity index (χ0v) is 13.3. The van der Waals surface area contributed by atoms with Crippen molar-refractivity contribution in [2.45, 2.75) is 38.6 Å². The molecule has 1 amide bonds. The number of rotatable bonds is 5. The molecule has 0 bridgehead atoms. The van der Waals surface area contributed by atoms with E-state index in [9.17, 15) is 4.79 Å². The van der Waals surface area contributed by atoms with Crippen molar-refractivity contribution in [2.24, 2.45) is 5.92 Å². The molecule has 0 radical (unpaired) electrons. The van der Waals surface area contributed by atoms with Gasteiger partial charge in [0.05, 0.1) is 12.3 Å². The molecule has 0 atom stereocenters. The molecule has 21 heavy (non-hydrogen) atoms. The van der Waals surface area contributed by atoms with Crippen LogP contribution in [0.5, 0.6) is 0 Å². The molecule has 1 saturated carbocycles. The fourth-order valence-electron chi connectivity index (χ4n) is 3.01. The Labute approximate surface area is 129 Å². The zero-order chi connectivity index (χ0) is 14.8. The Hall–Kier alpha value is -1.14. The summed E-state index contributed by atoms with van der Waals surface area (Å²) in [6.07, 6.45) is 3.99. The molecule has 2 heterocycles. The van der Waals surface area contributed by atoms with Crippen molar-refractivity contribution in [3.63, 3.8) is 0 Å². The molecule has 1 aromatic rings. The topological polar surface area (TPSA) is 56.7 Å². The van der Waals surface area contributed by atoms with Gasteiger partial charge in [-0.05, 0) is 32.6 Å². The van der Waals surface area contributed by atoms with Crippen LogP contribution in [0.15, 0.2) is 5.38 Å². The molecule has 116 valence electrons. The number of thiazole rings is 1. The lowest BCUT2D eigenvalue weighted by molar-refractivity contribution is -0.137. The smallest absolute Gasteiger partial charge is 0.226 e. The molecule has 0 spiro atoms. The maximum atomic E-state index is 12.6. The minimum Gasteiger partial charge on any atom is -0.395 e. The summed E-state index contributed by atoms with van der Waals surface area (Å²) < 4.78 is 0. The second-order valence-electron chi connectivity index (χ2n) is 6.02. The Morgan fingerprint density at radius 3 is 2.67 bits per heavy atom. The van der Waals surface area contributed by atoms with Gasteiger partial charge in [-0.1, -0.05) is 0 Å². The molecule has 1 aliphatic heterocycles. The average molecular weight is 309 g/mol. The number of hydrogen-bond donors (Lipinski definition) is 1. The summed E-state index contributed by atoms with van der Waals surface area (Å²) in [5, 5.41) is 12.3. The molecule has 1 N–H and O–H groups in total. The first-order valence-corrected chi connectivity index (χ1v) is 8.65. The Balaban J connectivity index is 1.56. The van der Waals surface area contributed by atoms with Crippen LogP contribution >= 0.6 is 11.3 Å². The number of carbonyl (C=O) groups is 1. The highest BCUT2D eigenvalue weighted by molar-refractivity contribution is 7.13. The predicted octanol–water partition coefficient (Wildman–Crippen LogP) is 1.65. The molecule has 0 unspecified atom stereocenters. The van der Waals surface area contributed by atoms with E-state index >= 15 is 0 Å². The van der Waals surface area contributed by atoms with E-state index in [1.807, 2.05) is 11.8 Å². The monoisotopic (exact) mass is 309 g/mol. The van der Waals surface area contributed by atoms with E-state index < -0.39 is 0 Å². The summed E-state index contributed by atoms with van der Waals surface area (Å²) in [6, 6.07) is 0.393. The van der Waals surface area contributed by atoms with E-state index in [4.69, 9.17) is 5.11 Å². The second kappa shape index (κ2) is 6.32. The van der Waals surface area contributed by atoms with Crippen LogP contribution in [0.2, 0.25) is 0 Å². The third-order valence-corrected chi connectivity index (χ3v) is 5.35. The highest BCUT2D eigenvalue weighted by atomic mass is 32.1. The Morgan fingerprint density at radius 2 is 2.14 bits per heavy atom. The van der Waals surface area contributed by atoms with Gasteiger partial charge in [0, 0.05) is 37.0 Å². The van der Waals surface area contributed by atoms with Crippen molar-refractivity contribution in [1.82, 2.24) is 9.88 Å². The van der Waals surface area contributed by atoms with Gasteiger partial charge in [-0.3, -0.25) is 4.79 Å². The number of aryl methyl sites for hydroxylation is 1. The molecule has 1 saturated heterocycles. The van der Waals surface area contributed by atoms with E-state index in [-0.39, 0.29) is 18.4 Å². The average Bonchev–Trinajstić information content (AvgIpc) is 3.25. The van der Waals surface area contributed by atoms with Crippen molar-refractivity contribution in [3.05, 3.63) is 11.1 Å². The predicted molar refractivity (Wildman–Crippen MR) is 83.6 cm³/mol. The van der Waals surface area contributed by atoms with Crippen LogP contribution in [0.25, 0.3) is 0 Å². The quantitative estimate of drug-likeness (QED) is 0.898. The summed E-state index contributed by atoms with van der Waals surface area (Å²) in [4.78, 5) is 21.3. The highest BCUT2D eigenvalue weighted by Gasteiger charge is 2.36. The number of aromatic nitrogens is 1. The number of aliphatic hydroxyl groups excluding tert-OH is 1. The number of carbonyl (C=O) groups excluding carboxylic acids is 1. The van der Waals surface area contributed by atoms with E-state index in [2.05, 4.69) is 15.3 Å². The van der Waals surface area contributed by atoms with E-state index in [1.165, 1.54) is 0 Å². The lowest BCUT2D eigenvalue weighted by Crippen LogP contribution is -2.44. The molecule has 1 aromatic heterocycles. The minimum absolute atomic E-state index is 0.0689. The lowest BCUT2D eigenvalue weighted by atomic mass is 9.95. The molecule has 0 aromatic carbocycles. The third-order valence-electron chi connectivity index (χ3n) is 4.33. The number of amides is 1. The summed E-state index contributed by atoms with van der Waals surface area (Å²) in [5.74, 6) is 0.371. The van der Waals surface area contributed by atoms with Gasteiger partial charge in [-0.15, -0.1) is 11.3 Å². The number of nitrogens with zero attached hydrogens (tertiary/aromatic N) is 3. The molecule has 2 fully saturated rings. The first kappa shape index (κ1) is 14.8. The van der Waals surface area contributed by atoms with Gasteiger partial charge in [0.25, 0.3) is 0 Å². The minimum atomic E-state index is 0.0689. The Kier molecular flexibility index (Phi) is 4.45. The number of piperidine rings is 1. The summed E-state index contributed by atoms with van der Waals surface area (Å²) in [5.41, 5.74) is 1.07. The lowest BCUT2D eigenvalue weighted by Gasteiger charge is -2.34. The highest BCUT2D eigenvalue weighted by Crippen LogP contribution is 2.31. The molecular weight excluding hydrogens is 286 g/mol. The number of anilines is 1. The van der Waals surface area contributed by atoms with Crippen LogP contribution in [0.4, 0.5) is 5.13 Å². The standard InChI is InChI=1S/C15H23N3O2S/c1-11-10-21-15(16-11)17-6-4-12(5-7-17)14(20)18(8-9-19)13-2-3-13/h10,12-13,19H,2-9H2,1H3. The molecule has 2 aliphatic rings. The molecule has 5 nitrogen and oxygen atoms in total. The fraction of sp³-hybridized carbons (Fsp3) is 0.733. The zero-order valence-electron chi connectivity index (χ0n) is 12.5. The SMILES string of the molecule is Cc1csc(N2CCC(C(=O)N(CCO)C3CC3)CC2)n1. The second-order valence-corrected chi connectivity index (χ2v) is 6.86. The summed E-state index contributed by atoms with van der Waals surface area (Å²) >= 11 is 1.68. The first-order chi connectivity index (χ1) is 10.2. The van der Waals surface area contributed by atoms with Crippen molar-refractivity contribution in [1.29, 1.82) is 0 Å². The summed E-state index contributed by atoms with van der Waals surface area (Å²) in [6.45, 7) is 4.38. The van der Waals surface area contributed by atoms with Crippen molar-refractivity contribution >= 4 is 22.4 Å². The fourth-order valence-corrected chi connectivity index (χ4v) is 3.86.